The Hall–Kier alpha value is -2.47. The number of hydrogen-bond donors (Lipinski definition) is 1. The fraction of sp³-hybridized carbons (Fsp3) is 0.154. The second kappa shape index (κ2) is 11.8. The van der Waals surface area contributed by atoms with Crippen molar-refractivity contribution in [1.29, 1.82) is 5.26 Å². The standard InChI is InChI=1S/C26H21ClN2O2S3/c27-20-10-8-18(9-11-20)16-34(31)17-21(30)15-33-26-23(14-28)22(19-5-2-1-3-6-19)13-24(29-26)25-7-4-12-32-25/h1-13,21,30H,15-17H2. The van der Waals surface area contributed by atoms with Gasteiger partial charge in [0.25, 0.3) is 0 Å². The predicted molar refractivity (Wildman–Crippen MR) is 143 cm³/mol. The van der Waals surface area contributed by atoms with Crippen LogP contribution in [0.4, 0.5) is 0 Å². The van der Waals surface area contributed by atoms with E-state index >= 15 is 0 Å². The third-order valence-corrected chi connectivity index (χ3v) is 8.66. The van der Waals surface area contributed by atoms with Gasteiger partial charge in [0.15, 0.2) is 0 Å². The van der Waals surface area contributed by atoms with Gasteiger partial charge in [-0.3, -0.25) is 4.21 Å². The molecule has 0 saturated heterocycles. The van der Waals surface area contributed by atoms with Gasteiger partial charge in [0.05, 0.1) is 28.0 Å². The van der Waals surface area contributed by atoms with Gasteiger partial charge in [-0.2, -0.15) is 5.26 Å². The Kier molecular flexibility index (Phi) is 8.54. The van der Waals surface area contributed by atoms with E-state index in [0.29, 0.717) is 21.4 Å². The minimum absolute atomic E-state index is 0.146. The molecule has 0 spiro atoms. The molecule has 0 saturated carbocycles. The van der Waals surface area contributed by atoms with Crippen molar-refractivity contribution >= 4 is 45.5 Å². The highest BCUT2D eigenvalue weighted by atomic mass is 35.5. The number of pyridine rings is 1. The molecule has 34 heavy (non-hydrogen) atoms. The topological polar surface area (TPSA) is 74.0 Å². The highest BCUT2D eigenvalue weighted by Gasteiger charge is 2.18. The summed E-state index contributed by atoms with van der Waals surface area (Å²) in [5.74, 6) is 0.788. The van der Waals surface area contributed by atoms with Gasteiger partial charge in [-0.25, -0.2) is 4.98 Å². The molecule has 0 radical (unpaired) electrons. The number of rotatable bonds is 9. The summed E-state index contributed by atoms with van der Waals surface area (Å²) in [7, 11) is -1.23. The zero-order valence-electron chi connectivity index (χ0n) is 18.1. The van der Waals surface area contributed by atoms with Gasteiger partial charge in [-0.1, -0.05) is 60.1 Å². The van der Waals surface area contributed by atoms with E-state index in [1.807, 2.05) is 66.0 Å². The number of halogens is 1. The summed E-state index contributed by atoms with van der Waals surface area (Å²) in [5, 5.41) is 23.7. The lowest BCUT2D eigenvalue weighted by Crippen LogP contribution is -2.20. The lowest BCUT2D eigenvalue weighted by atomic mass is 10.0. The summed E-state index contributed by atoms with van der Waals surface area (Å²) in [6.45, 7) is 0. The lowest BCUT2D eigenvalue weighted by Gasteiger charge is -2.14. The number of aliphatic hydroxyl groups excluding tert-OH is 1. The van der Waals surface area contributed by atoms with Crippen molar-refractivity contribution in [3.8, 4) is 27.8 Å². The Morgan fingerprint density at radius 2 is 1.88 bits per heavy atom. The molecular weight excluding hydrogens is 504 g/mol. The zero-order valence-corrected chi connectivity index (χ0v) is 21.3. The van der Waals surface area contributed by atoms with Crippen LogP contribution in [0.3, 0.4) is 0 Å². The Morgan fingerprint density at radius 3 is 2.56 bits per heavy atom. The van der Waals surface area contributed by atoms with E-state index < -0.39 is 16.9 Å². The van der Waals surface area contributed by atoms with Crippen LogP contribution in [0.15, 0.2) is 83.2 Å². The average molecular weight is 525 g/mol. The molecule has 172 valence electrons. The highest BCUT2D eigenvalue weighted by Crippen LogP contribution is 2.35. The van der Waals surface area contributed by atoms with Crippen LogP contribution in [0, 0.1) is 11.3 Å². The van der Waals surface area contributed by atoms with Crippen molar-refractivity contribution in [1.82, 2.24) is 4.98 Å². The van der Waals surface area contributed by atoms with Gasteiger partial charge < -0.3 is 5.11 Å². The van der Waals surface area contributed by atoms with Gasteiger partial charge in [0.2, 0.25) is 0 Å². The molecule has 0 bridgehead atoms. The summed E-state index contributed by atoms with van der Waals surface area (Å²) in [6, 6.07) is 25.2. The third kappa shape index (κ3) is 6.35. The second-order valence-electron chi connectivity index (χ2n) is 7.53. The molecule has 2 atom stereocenters. The van der Waals surface area contributed by atoms with Crippen LogP contribution in [0.1, 0.15) is 11.1 Å². The number of benzene rings is 2. The van der Waals surface area contributed by atoms with Crippen molar-refractivity contribution in [3.05, 3.63) is 94.3 Å². The van der Waals surface area contributed by atoms with E-state index in [2.05, 4.69) is 6.07 Å². The number of nitriles is 1. The fourth-order valence-electron chi connectivity index (χ4n) is 3.39. The molecule has 2 unspecified atom stereocenters. The molecule has 8 heteroatoms. The minimum Gasteiger partial charge on any atom is -0.391 e. The maximum absolute atomic E-state index is 12.5. The first-order valence-electron chi connectivity index (χ1n) is 10.5. The highest BCUT2D eigenvalue weighted by molar-refractivity contribution is 7.99. The second-order valence-corrected chi connectivity index (χ2v) is 11.4. The molecule has 2 aromatic heterocycles. The first-order chi connectivity index (χ1) is 16.5. The first-order valence-corrected chi connectivity index (χ1v) is 14.2. The third-order valence-electron chi connectivity index (χ3n) is 4.99. The van der Waals surface area contributed by atoms with Gasteiger partial charge in [-0.05, 0) is 40.8 Å². The van der Waals surface area contributed by atoms with E-state index in [1.54, 1.807) is 23.5 Å². The average Bonchev–Trinajstić information content (AvgIpc) is 3.39. The molecule has 0 aliphatic rings. The van der Waals surface area contributed by atoms with Crippen LogP contribution in [0.25, 0.3) is 21.7 Å². The number of thiophene rings is 1. The Bertz CT molecular complexity index is 1300. The van der Waals surface area contributed by atoms with Crippen molar-refractivity contribution in [2.75, 3.05) is 11.5 Å². The van der Waals surface area contributed by atoms with Crippen LogP contribution in [-0.2, 0) is 16.6 Å². The van der Waals surface area contributed by atoms with Crippen LogP contribution < -0.4 is 0 Å². The largest absolute Gasteiger partial charge is 0.391 e. The van der Waals surface area contributed by atoms with Crippen LogP contribution in [0.2, 0.25) is 5.02 Å². The number of nitrogens with zero attached hydrogens (tertiary/aromatic N) is 2. The van der Waals surface area contributed by atoms with Crippen molar-refractivity contribution in [2.45, 2.75) is 16.9 Å². The number of thioether (sulfide) groups is 1. The molecule has 2 heterocycles. The van der Waals surface area contributed by atoms with Crippen molar-refractivity contribution < 1.29 is 9.32 Å². The maximum atomic E-state index is 12.5. The van der Waals surface area contributed by atoms with E-state index in [0.717, 1.165) is 27.3 Å². The summed E-state index contributed by atoms with van der Waals surface area (Å²) in [4.78, 5) is 5.76. The zero-order chi connectivity index (χ0) is 23.9. The van der Waals surface area contributed by atoms with E-state index in [4.69, 9.17) is 16.6 Å². The molecule has 0 fully saturated rings. The molecule has 4 nitrogen and oxygen atoms in total. The normalized spacial score (nSPS) is 12.7. The summed E-state index contributed by atoms with van der Waals surface area (Å²) >= 11 is 8.81. The fourth-order valence-corrected chi connectivity index (χ4v) is 6.51. The first kappa shape index (κ1) is 24.6. The number of hydrogen-bond acceptors (Lipinski definition) is 6. The smallest absolute Gasteiger partial charge is 0.115 e. The molecule has 2 aromatic carbocycles. The van der Waals surface area contributed by atoms with Gasteiger partial charge in [-0.15, -0.1) is 23.1 Å². The SMILES string of the molecule is N#Cc1c(-c2ccccc2)cc(-c2cccs2)nc1SCC(O)CS(=O)Cc1ccc(Cl)cc1. The predicted octanol–water partition coefficient (Wildman–Crippen LogP) is 6.40. The monoisotopic (exact) mass is 524 g/mol. The summed E-state index contributed by atoms with van der Waals surface area (Å²) in [5.41, 5.74) is 3.92. The Labute approximate surface area is 214 Å². The Morgan fingerprint density at radius 1 is 1.12 bits per heavy atom. The molecule has 4 aromatic rings. The molecule has 0 aliphatic heterocycles. The van der Waals surface area contributed by atoms with Gasteiger partial charge in [0.1, 0.15) is 11.1 Å². The van der Waals surface area contributed by atoms with Crippen LogP contribution >= 0.6 is 34.7 Å². The molecular formula is C26H21ClN2O2S3. The molecule has 0 aliphatic carbocycles. The van der Waals surface area contributed by atoms with Gasteiger partial charge in [0, 0.05) is 32.9 Å². The van der Waals surface area contributed by atoms with E-state index in [9.17, 15) is 14.6 Å². The summed E-state index contributed by atoms with van der Waals surface area (Å²) in [6.07, 6.45) is -0.794. The maximum Gasteiger partial charge on any atom is 0.115 e. The lowest BCUT2D eigenvalue weighted by molar-refractivity contribution is 0.224. The van der Waals surface area contributed by atoms with Gasteiger partial charge >= 0.3 is 0 Å². The number of aromatic nitrogens is 1. The van der Waals surface area contributed by atoms with E-state index in [-0.39, 0.29) is 11.5 Å². The molecule has 1 N–H and O–H groups in total. The van der Waals surface area contributed by atoms with Crippen molar-refractivity contribution in [2.24, 2.45) is 0 Å². The molecule has 0 amide bonds. The quantitative estimate of drug-likeness (QED) is 0.256. The Balaban J connectivity index is 1.52. The summed E-state index contributed by atoms with van der Waals surface area (Å²) < 4.78 is 12.5. The number of aliphatic hydroxyl groups is 1. The van der Waals surface area contributed by atoms with E-state index in [1.165, 1.54) is 11.8 Å². The van der Waals surface area contributed by atoms with Crippen LogP contribution in [0.5, 0.6) is 0 Å². The minimum atomic E-state index is -1.23. The van der Waals surface area contributed by atoms with Crippen LogP contribution in [-0.4, -0.2) is 31.9 Å². The van der Waals surface area contributed by atoms with Crippen molar-refractivity contribution in [3.63, 3.8) is 0 Å². The molecule has 4 rings (SSSR count).